The minimum Gasteiger partial charge on any atom is -0.464 e. The van der Waals surface area contributed by atoms with Crippen molar-refractivity contribution in [3.05, 3.63) is 77.9 Å². The third-order valence-corrected chi connectivity index (χ3v) is 2.13. The van der Waals surface area contributed by atoms with Gasteiger partial charge < -0.3 is 4.42 Å². The lowest BCUT2D eigenvalue weighted by Crippen LogP contribution is -1.97. The highest BCUT2D eigenvalue weighted by Gasteiger charge is 1.86. The number of aromatic nitrogens is 3. The van der Waals surface area contributed by atoms with E-state index in [1.165, 1.54) is 31.1 Å². The van der Waals surface area contributed by atoms with Crippen LogP contribution in [0.2, 0.25) is 0 Å². The molecule has 0 amide bonds. The lowest BCUT2D eigenvalue weighted by Gasteiger charge is -1.88. The predicted molar refractivity (Wildman–Crippen MR) is 71.1 cm³/mol. The molecule has 0 fully saturated rings. The van der Waals surface area contributed by atoms with Crippen molar-refractivity contribution in [3.8, 4) is 0 Å². The van der Waals surface area contributed by atoms with E-state index < -0.39 is 5.56 Å². The molecule has 2 rings (SSSR count). The molecule has 0 spiro atoms. The van der Waals surface area contributed by atoms with Gasteiger partial charge in [-0.15, -0.1) is 0 Å². The minimum absolute atomic E-state index is 0.406. The van der Waals surface area contributed by atoms with E-state index in [0.717, 1.165) is 5.39 Å². The summed E-state index contributed by atoms with van der Waals surface area (Å²) < 4.78 is 5.37. The van der Waals surface area contributed by atoms with Crippen LogP contribution >= 0.6 is 0 Å². The van der Waals surface area contributed by atoms with Gasteiger partial charge in [-0.2, -0.15) is 0 Å². The van der Waals surface area contributed by atoms with Gasteiger partial charge in [-0.25, -0.2) is 15.0 Å². The van der Waals surface area contributed by atoms with Gasteiger partial charge in [0.05, 0.1) is 6.26 Å². The maximum Gasteiger partial charge on any atom is 0.272 e. The molecule has 0 bridgehead atoms. The van der Waals surface area contributed by atoms with Gasteiger partial charge in [0.25, 0.3) is 5.56 Å². The largest absolute Gasteiger partial charge is 0.464 e. The second-order valence-corrected chi connectivity index (χ2v) is 3.46. The molecule has 94 valence electrons. The smallest absolute Gasteiger partial charge is 0.272 e. The van der Waals surface area contributed by atoms with Crippen LogP contribution in [0.25, 0.3) is 11.0 Å². The van der Waals surface area contributed by atoms with E-state index in [4.69, 9.17) is 4.42 Å². The van der Waals surface area contributed by atoms with E-state index in [-0.39, 0.29) is 0 Å². The Labute approximate surface area is 109 Å². The Morgan fingerprint density at radius 1 is 0.947 bits per heavy atom. The molecule has 0 radical (unpaired) electrons. The molecule has 0 atom stereocenters. The van der Waals surface area contributed by atoms with E-state index in [1.54, 1.807) is 18.3 Å². The van der Waals surface area contributed by atoms with Crippen molar-refractivity contribution >= 4 is 11.0 Å². The zero-order valence-corrected chi connectivity index (χ0v) is 10.0. The highest BCUT2D eigenvalue weighted by atomic mass is 16.3. The van der Waals surface area contributed by atoms with Crippen LogP contribution in [-0.4, -0.2) is 15.0 Å². The van der Waals surface area contributed by atoms with Crippen LogP contribution in [0.15, 0.2) is 76.8 Å². The van der Waals surface area contributed by atoms with Crippen LogP contribution in [0.1, 0.15) is 0 Å². The molecule has 0 unspecified atom stereocenters. The van der Waals surface area contributed by atoms with Crippen molar-refractivity contribution in [1.82, 2.24) is 15.0 Å². The molecule has 5 nitrogen and oxygen atoms in total. The van der Waals surface area contributed by atoms with Gasteiger partial charge in [-0.3, -0.25) is 4.79 Å². The normalized spacial score (nSPS) is 9.26. The Hall–Kier alpha value is -2.82. The highest BCUT2D eigenvalue weighted by Crippen LogP contribution is 2.07. The van der Waals surface area contributed by atoms with Crippen molar-refractivity contribution in [2.45, 2.75) is 0 Å². The van der Waals surface area contributed by atoms with Crippen LogP contribution in [0, 0.1) is 0 Å². The van der Waals surface area contributed by atoms with E-state index >= 15 is 0 Å². The zero-order chi connectivity index (χ0) is 13.3. The molecular weight excluding hydrogens is 242 g/mol. The van der Waals surface area contributed by atoms with Gasteiger partial charge in [0.1, 0.15) is 11.9 Å². The Bertz CT molecular complexity index is 726. The molecule has 1 aromatic carbocycles. The first-order chi connectivity index (χ1) is 9.36. The Kier molecular flexibility index (Phi) is 4.52. The Morgan fingerprint density at radius 2 is 1.84 bits per heavy atom. The number of benzene rings is 1. The second-order valence-electron chi connectivity index (χ2n) is 3.46. The zero-order valence-electron chi connectivity index (χ0n) is 10.0. The molecule has 0 aliphatic heterocycles. The molecule has 0 aliphatic rings. The Balaban J connectivity index is 2.71. The van der Waals surface area contributed by atoms with Crippen LogP contribution < -0.4 is 5.56 Å². The number of hydrogen-bond acceptors (Lipinski definition) is 5. The molecule has 0 saturated carbocycles. The quantitative estimate of drug-likeness (QED) is 0.720. The van der Waals surface area contributed by atoms with Gasteiger partial charge in [0, 0.05) is 30.0 Å². The minimum atomic E-state index is -0.406. The topological polar surface area (TPSA) is 68.9 Å². The maximum absolute atomic E-state index is 11.3. The number of rotatable bonds is 0. The van der Waals surface area contributed by atoms with Crippen molar-refractivity contribution in [3.63, 3.8) is 0 Å². The fourth-order valence-corrected chi connectivity index (χ4v) is 1.30. The van der Waals surface area contributed by atoms with E-state index in [1.807, 2.05) is 18.2 Å². The molecule has 1 aromatic heterocycles. The van der Waals surface area contributed by atoms with E-state index in [9.17, 15) is 4.79 Å². The molecular formula is C14H11N3O2. The summed E-state index contributed by atoms with van der Waals surface area (Å²) in [4.78, 5) is 22.9. The Morgan fingerprint density at radius 3 is 2.79 bits per heavy atom. The molecule has 19 heavy (non-hydrogen) atoms. The highest BCUT2D eigenvalue weighted by molar-refractivity contribution is 5.74. The third-order valence-electron chi connectivity index (χ3n) is 2.13. The predicted octanol–water partition coefficient (Wildman–Crippen LogP) is 2.23. The maximum atomic E-state index is 11.3. The lowest BCUT2D eigenvalue weighted by molar-refractivity contribution is 0.605. The molecule has 2 aromatic rings. The number of para-hydroxylation sites is 1. The van der Waals surface area contributed by atoms with Gasteiger partial charge in [-0.05, 0) is 18.2 Å². The van der Waals surface area contributed by atoms with Crippen molar-refractivity contribution in [2.24, 2.45) is 0 Å². The summed E-state index contributed by atoms with van der Waals surface area (Å²) in [6.07, 6.45) is 7.17. The van der Waals surface area contributed by atoms with Crippen LogP contribution in [0.5, 0.6) is 0 Å². The summed E-state index contributed by atoms with van der Waals surface area (Å²) in [5.74, 6) is 0. The second kappa shape index (κ2) is 6.80. The first-order valence-corrected chi connectivity index (χ1v) is 5.56. The standard InChI is InChI=1S/C14H11N3O2/c18-14-6-9-19-13-5-2-1-4-12(13)10-16-11-15-7-3-8-17-14/h1-11H. The monoisotopic (exact) mass is 253 g/mol. The van der Waals surface area contributed by atoms with E-state index in [2.05, 4.69) is 15.0 Å². The van der Waals surface area contributed by atoms with Crippen molar-refractivity contribution < 1.29 is 4.42 Å². The fraction of sp³-hybridized carbons (Fsp3) is 0. The van der Waals surface area contributed by atoms with Crippen molar-refractivity contribution in [1.29, 1.82) is 0 Å². The SMILES string of the molecule is O=c1ccoc2ccccc2cncncccn1. The van der Waals surface area contributed by atoms with Crippen LogP contribution in [0.3, 0.4) is 0 Å². The van der Waals surface area contributed by atoms with E-state index in [0.29, 0.717) is 5.58 Å². The first kappa shape index (κ1) is 12.6. The van der Waals surface area contributed by atoms with Crippen LogP contribution in [0.4, 0.5) is 0 Å². The number of fused-ring (bicyclic) bond motifs is 1. The third kappa shape index (κ3) is 4.16. The molecule has 5 heteroatoms. The summed E-state index contributed by atoms with van der Waals surface area (Å²) in [6.45, 7) is 0. The first-order valence-electron chi connectivity index (χ1n) is 5.56. The van der Waals surface area contributed by atoms with Gasteiger partial charge in [0.15, 0.2) is 0 Å². The molecule has 1 heterocycles. The summed E-state index contributed by atoms with van der Waals surface area (Å²) in [6, 6.07) is 10.1. The van der Waals surface area contributed by atoms with Gasteiger partial charge in [0.2, 0.25) is 0 Å². The van der Waals surface area contributed by atoms with Gasteiger partial charge in [-0.1, -0.05) is 12.1 Å². The summed E-state index contributed by atoms with van der Waals surface area (Å²) in [5, 5.41) is 0.788. The molecule has 0 N–H and O–H groups in total. The fourth-order valence-electron chi connectivity index (χ4n) is 1.30. The van der Waals surface area contributed by atoms with Crippen LogP contribution in [-0.2, 0) is 0 Å². The average Bonchev–Trinajstić information content (AvgIpc) is 2.42. The lowest BCUT2D eigenvalue weighted by atomic mass is 10.3. The summed E-state index contributed by atoms with van der Waals surface area (Å²) >= 11 is 0. The van der Waals surface area contributed by atoms with Gasteiger partial charge >= 0.3 is 0 Å². The summed E-state index contributed by atoms with van der Waals surface area (Å²) in [5.41, 5.74) is 0.192. The molecule has 0 aliphatic carbocycles. The number of hydrogen-bond donors (Lipinski definition) is 0. The molecule has 0 saturated heterocycles. The number of nitrogens with zero attached hydrogens (tertiary/aromatic N) is 3. The van der Waals surface area contributed by atoms with Crippen molar-refractivity contribution in [2.75, 3.05) is 0 Å². The average molecular weight is 253 g/mol. The summed E-state index contributed by atoms with van der Waals surface area (Å²) in [7, 11) is 0.